The Morgan fingerprint density at radius 3 is 2.25 bits per heavy atom. The van der Waals surface area contributed by atoms with Gasteiger partial charge in [-0.2, -0.15) is 0 Å². The third-order valence-electron chi connectivity index (χ3n) is 7.57. The summed E-state index contributed by atoms with van der Waals surface area (Å²) in [7, 11) is 0. The number of carbonyl (C=O) groups excluding carboxylic acids is 2. The minimum absolute atomic E-state index is 0.0393. The predicted octanol–water partition coefficient (Wildman–Crippen LogP) is 4.10. The van der Waals surface area contributed by atoms with Crippen LogP contribution in [0.3, 0.4) is 0 Å². The molecule has 32 heavy (non-hydrogen) atoms. The van der Waals surface area contributed by atoms with Crippen molar-refractivity contribution in [1.82, 2.24) is 15.1 Å². The van der Waals surface area contributed by atoms with Crippen molar-refractivity contribution in [3.8, 4) is 0 Å². The SMILES string of the molecule is O=C(NC1CCN(CC2CCCCC2)CC1)C1CCN(C(=O)/C=C/c2ccccc2)CC1. The molecule has 0 radical (unpaired) electrons. The minimum Gasteiger partial charge on any atom is -0.353 e. The van der Waals surface area contributed by atoms with Crippen LogP contribution >= 0.6 is 0 Å². The number of rotatable bonds is 6. The van der Waals surface area contributed by atoms with E-state index in [-0.39, 0.29) is 17.7 Å². The van der Waals surface area contributed by atoms with Crippen molar-refractivity contribution >= 4 is 17.9 Å². The molecule has 1 aromatic rings. The van der Waals surface area contributed by atoms with Gasteiger partial charge in [-0.3, -0.25) is 9.59 Å². The first-order valence-corrected chi connectivity index (χ1v) is 12.7. The van der Waals surface area contributed by atoms with Crippen molar-refractivity contribution in [1.29, 1.82) is 0 Å². The van der Waals surface area contributed by atoms with E-state index in [0.29, 0.717) is 19.1 Å². The summed E-state index contributed by atoms with van der Waals surface area (Å²) in [6.07, 6.45) is 14.2. The molecular weight excluding hydrogens is 398 g/mol. The van der Waals surface area contributed by atoms with E-state index in [4.69, 9.17) is 0 Å². The molecule has 2 aliphatic heterocycles. The lowest BCUT2D eigenvalue weighted by Gasteiger charge is -2.36. The lowest BCUT2D eigenvalue weighted by Crippen LogP contribution is -2.49. The summed E-state index contributed by atoms with van der Waals surface area (Å²) in [5.41, 5.74) is 1.03. The molecule has 0 unspecified atom stereocenters. The maximum atomic E-state index is 12.8. The molecule has 1 aliphatic carbocycles. The Balaban J connectivity index is 1.14. The summed E-state index contributed by atoms with van der Waals surface area (Å²) in [4.78, 5) is 29.8. The largest absolute Gasteiger partial charge is 0.353 e. The molecular formula is C27H39N3O2. The molecule has 1 saturated carbocycles. The minimum atomic E-state index is 0.0393. The second-order valence-corrected chi connectivity index (χ2v) is 9.93. The van der Waals surface area contributed by atoms with Gasteiger partial charge in [-0.05, 0) is 56.1 Å². The van der Waals surface area contributed by atoms with Crippen LogP contribution in [-0.2, 0) is 9.59 Å². The molecule has 0 atom stereocenters. The van der Waals surface area contributed by atoms with Crippen LogP contribution in [0.1, 0.15) is 63.4 Å². The van der Waals surface area contributed by atoms with E-state index in [2.05, 4.69) is 10.2 Å². The van der Waals surface area contributed by atoms with Gasteiger partial charge < -0.3 is 15.1 Å². The van der Waals surface area contributed by atoms with E-state index in [1.54, 1.807) is 6.08 Å². The smallest absolute Gasteiger partial charge is 0.246 e. The molecule has 0 aromatic heterocycles. The first-order chi connectivity index (χ1) is 15.7. The van der Waals surface area contributed by atoms with Gasteiger partial charge in [0, 0.05) is 50.8 Å². The number of amides is 2. The van der Waals surface area contributed by atoms with Gasteiger partial charge in [0.05, 0.1) is 0 Å². The van der Waals surface area contributed by atoms with Crippen molar-refractivity contribution in [2.75, 3.05) is 32.7 Å². The second kappa shape index (κ2) is 11.6. The summed E-state index contributed by atoms with van der Waals surface area (Å²) >= 11 is 0. The van der Waals surface area contributed by atoms with E-state index in [1.807, 2.05) is 41.3 Å². The van der Waals surface area contributed by atoms with Crippen molar-refractivity contribution in [3.63, 3.8) is 0 Å². The third-order valence-corrected chi connectivity index (χ3v) is 7.57. The van der Waals surface area contributed by atoms with Crippen molar-refractivity contribution < 1.29 is 9.59 Å². The quantitative estimate of drug-likeness (QED) is 0.682. The summed E-state index contributed by atoms with van der Waals surface area (Å²) in [5, 5.41) is 3.32. The van der Waals surface area contributed by atoms with Crippen LogP contribution in [0, 0.1) is 11.8 Å². The van der Waals surface area contributed by atoms with Crippen molar-refractivity contribution in [2.24, 2.45) is 11.8 Å². The zero-order chi connectivity index (χ0) is 22.2. The summed E-state index contributed by atoms with van der Waals surface area (Å²) in [5.74, 6) is 1.17. The zero-order valence-corrected chi connectivity index (χ0v) is 19.4. The third kappa shape index (κ3) is 6.68. The van der Waals surface area contributed by atoms with Gasteiger partial charge in [0.25, 0.3) is 0 Å². The topological polar surface area (TPSA) is 52.7 Å². The van der Waals surface area contributed by atoms with E-state index < -0.39 is 0 Å². The highest BCUT2D eigenvalue weighted by molar-refractivity contribution is 5.92. The zero-order valence-electron chi connectivity index (χ0n) is 19.4. The van der Waals surface area contributed by atoms with Gasteiger partial charge in [0.2, 0.25) is 11.8 Å². The molecule has 2 amide bonds. The number of piperidine rings is 2. The van der Waals surface area contributed by atoms with Gasteiger partial charge in [0.1, 0.15) is 0 Å². The molecule has 1 aromatic carbocycles. The van der Waals surface area contributed by atoms with Crippen LogP contribution in [0.25, 0.3) is 6.08 Å². The normalized spacial score (nSPS) is 22.3. The van der Waals surface area contributed by atoms with Crippen LogP contribution < -0.4 is 5.32 Å². The number of nitrogens with zero attached hydrogens (tertiary/aromatic N) is 2. The first kappa shape index (κ1) is 23.0. The van der Waals surface area contributed by atoms with Gasteiger partial charge >= 0.3 is 0 Å². The highest BCUT2D eigenvalue weighted by atomic mass is 16.2. The molecule has 2 heterocycles. The van der Waals surface area contributed by atoms with Crippen molar-refractivity contribution in [3.05, 3.63) is 42.0 Å². The Morgan fingerprint density at radius 2 is 1.56 bits per heavy atom. The summed E-state index contributed by atoms with van der Waals surface area (Å²) in [6, 6.07) is 10.2. The van der Waals surface area contributed by atoms with E-state index in [9.17, 15) is 9.59 Å². The lowest BCUT2D eigenvalue weighted by molar-refractivity contribution is -0.132. The Kier molecular flexibility index (Phi) is 8.38. The van der Waals surface area contributed by atoms with Gasteiger partial charge in [-0.15, -0.1) is 0 Å². The molecule has 2 saturated heterocycles. The standard InChI is InChI=1S/C27H39N3O2/c31-26(12-11-22-7-3-1-4-8-22)30-19-13-24(14-20-30)27(32)28-25-15-17-29(18-16-25)21-23-9-5-2-6-10-23/h1,3-4,7-8,11-12,23-25H,2,5-6,9-10,13-21H2,(H,28,32)/b12-11+. The fourth-order valence-electron chi connectivity index (χ4n) is 5.51. The molecule has 0 spiro atoms. The molecule has 0 bridgehead atoms. The summed E-state index contributed by atoms with van der Waals surface area (Å²) < 4.78 is 0. The van der Waals surface area contributed by atoms with Crippen LogP contribution in [0.5, 0.6) is 0 Å². The molecule has 5 heteroatoms. The molecule has 1 N–H and O–H groups in total. The van der Waals surface area contributed by atoms with Crippen LogP contribution in [0.4, 0.5) is 0 Å². The predicted molar refractivity (Wildman–Crippen MR) is 129 cm³/mol. The highest BCUT2D eigenvalue weighted by Gasteiger charge is 2.29. The fraction of sp³-hybridized carbons (Fsp3) is 0.630. The van der Waals surface area contributed by atoms with E-state index >= 15 is 0 Å². The molecule has 3 aliphatic rings. The number of likely N-dealkylation sites (tertiary alicyclic amines) is 2. The first-order valence-electron chi connectivity index (χ1n) is 12.7. The number of benzene rings is 1. The van der Waals surface area contributed by atoms with E-state index in [1.165, 1.54) is 38.6 Å². The number of carbonyl (C=O) groups is 2. The van der Waals surface area contributed by atoms with Crippen LogP contribution in [-0.4, -0.2) is 60.4 Å². The molecule has 174 valence electrons. The number of hydrogen-bond acceptors (Lipinski definition) is 3. The maximum absolute atomic E-state index is 12.8. The highest BCUT2D eigenvalue weighted by Crippen LogP contribution is 2.26. The number of hydrogen-bond donors (Lipinski definition) is 1. The van der Waals surface area contributed by atoms with Crippen LogP contribution in [0.2, 0.25) is 0 Å². The Hall–Kier alpha value is -2.14. The average Bonchev–Trinajstić information content (AvgIpc) is 2.85. The van der Waals surface area contributed by atoms with Crippen LogP contribution in [0.15, 0.2) is 36.4 Å². The second-order valence-electron chi connectivity index (χ2n) is 9.93. The molecule has 5 nitrogen and oxygen atoms in total. The molecule has 3 fully saturated rings. The Labute approximate surface area is 193 Å². The average molecular weight is 438 g/mol. The fourth-order valence-corrected chi connectivity index (χ4v) is 5.51. The Bertz CT molecular complexity index is 756. The van der Waals surface area contributed by atoms with Crippen molar-refractivity contribution in [2.45, 2.75) is 63.8 Å². The monoisotopic (exact) mass is 437 g/mol. The van der Waals surface area contributed by atoms with E-state index in [0.717, 1.165) is 50.3 Å². The Morgan fingerprint density at radius 1 is 0.875 bits per heavy atom. The van der Waals surface area contributed by atoms with Gasteiger partial charge in [-0.25, -0.2) is 0 Å². The lowest BCUT2D eigenvalue weighted by atomic mass is 9.88. The number of nitrogens with one attached hydrogen (secondary N) is 1. The molecule has 4 rings (SSSR count). The van der Waals surface area contributed by atoms with Gasteiger partial charge in [-0.1, -0.05) is 49.6 Å². The maximum Gasteiger partial charge on any atom is 0.246 e. The van der Waals surface area contributed by atoms with Gasteiger partial charge in [0.15, 0.2) is 0 Å². The summed E-state index contributed by atoms with van der Waals surface area (Å²) in [6.45, 7) is 4.81.